The second kappa shape index (κ2) is 7.54. The van der Waals surface area contributed by atoms with Crippen molar-refractivity contribution in [3.8, 4) is 0 Å². The van der Waals surface area contributed by atoms with Crippen molar-refractivity contribution in [1.82, 2.24) is 5.32 Å². The average Bonchev–Trinajstić information content (AvgIpc) is 2.37. The molecule has 100 valence electrons. The van der Waals surface area contributed by atoms with Gasteiger partial charge in [0.05, 0.1) is 6.61 Å². The molecule has 1 aromatic carbocycles. The number of nitrogens with one attached hydrogen (secondary N) is 1. The fourth-order valence-electron chi connectivity index (χ4n) is 1.78. The Labute approximate surface area is 117 Å². The Bertz CT molecular complexity index is 378. The predicted molar refractivity (Wildman–Crippen MR) is 76.4 cm³/mol. The largest absolute Gasteiger partial charge is 0.465 e. The lowest BCUT2D eigenvalue weighted by molar-refractivity contribution is -0.145. The summed E-state index contributed by atoms with van der Waals surface area (Å²) in [4.78, 5) is 11.6. The van der Waals surface area contributed by atoms with Crippen molar-refractivity contribution < 1.29 is 9.53 Å². The first-order valence-corrected chi connectivity index (χ1v) is 7.05. The summed E-state index contributed by atoms with van der Waals surface area (Å²) >= 11 is 3.42. The quantitative estimate of drug-likeness (QED) is 0.818. The third-order valence-electron chi connectivity index (χ3n) is 2.77. The molecule has 1 rings (SSSR count). The second-order valence-corrected chi connectivity index (χ2v) is 5.07. The van der Waals surface area contributed by atoms with Gasteiger partial charge >= 0.3 is 5.97 Å². The topological polar surface area (TPSA) is 38.3 Å². The third kappa shape index (κ3) is 4.42. The van der Waals surface area contributed by atoms with E-state index in [1.807, 2.05) is 26.0 Å². The molecule has 0 bridgehead atoms. The van der Waals surface area contributed by atoms with Gasteiger partial charge in [0.25, 0.3) is 0 Å². The van der Waals surface area contributed by atoms with Gasteiger partial charge in [0, 0.05) is 10.5 Å². The molecule has 2 unspecified atom stereocenters. The van der Waals surface area contributed by atoms with Gasteiger partial charge in [-0.15, -0.1) is 0 Å². The summed E-state index contributed by atoms with van der Waals surface area (Å²) in [5.74, 6) is -0.201. The Morgan fingerprint density at radius 2 is 1.94 bits per heavy atom. The Balaban J connectivity index is 2.67. The Kier molecular flexibility index (Phi) is 6.36. The van der Waals surface area contributed by atoms with Crippen molar-refractivity contribution in [2.45, 2.75) is 39.3 Å². The van der Waals surface area contributed by atoms with Gasteiger partial charge in [-0.1, -0.05) is 35.0 Å². The molecule has 0 spiro atoms. The van der Waals surface area contributed by atoms with Gasteiger partial charge in [-0.25, -0.2) is 0 Å². The second-order valence-electron chi connectivity index (χ2n) is 4.15. The molecule has 18 heavy (non-hydrogen) atoms. The van der Waals surface area contributed by atoms with E-state index in [1.54, 1.807) is 0 Å². The normalized spacial score (nSPS) is 14.0. The zero-order valence-corrected chi connectivity index (χ0v) is 12.7. The summed E-state index contributed by atoms with van der Waals surface area (Å²) in [6.45, 7) is 6.16. The predicted octanol–water partition coefficient (Wildman–Crippen LogP) is 3.44. The standard InChI is InChI=1S/C14H20BrNO2/c1-4-13(11-6-8-12(15)9-7-11)16-10(3)14(17)18-5-2/h6-10,13,16H,4-5H2,1-3H3. The molecule has 0 saturated carbocycles. The van der Waals surface area contributed by atoms with Crippen molar-refractivity contribution in [2.75, 3.05) is 6.61 Å². The van der Waals surface area contributed by atoms with Crippen LogP contribution in [0.25, 0.3) is 0 Å². The Hall–Kier alpha value is -0.870. The molecule has 0 saturated heterocycles. The molecule has 0 aliphatic heterocycles. The maximum absolute atomic E-state index is 11.6. The van der Waals surface area contributed by atoms with Gasteiger partial charge in [0.1, 0.15) is 6.04 Å². The van der Waals surface area contributed by atoms with Crippen LogP contribution in [-0.4, -0.2) is 18.6 Å². The maximum Gasteiger partial charge on any atom is 0.322 e. The van der Waals surface area contributed by atoms with E-state index in [-0.39, 0.29) is 18.1 Å². The minimum Gasteiger partial charge on any atom is -0.465 e. The summed E-state index contributed by atoms with van der Waals surface area (Å²) < 4.78 is 6.05. The minimum absolute atomic E-state index is 0.164. The van der Waals surface area contributed by atoms with Gasteiger partial charge < -0.3 is 4.74 Å². The molecule has 0 aliphatic carbocycles. The van der Waals surface area contributed by atoms with E-state index >= 15 is 0 Å². The molecular formula is C14H20BrNO2. The van der Waals surface area contributed by atoms with Crippen molar-refractivity contribution in [3.05, 3.63) is 34.3 Å². The highest BCUT2D eigenvalue weighted by atomic mass is 79.9. The van der Waals surface area contributed by atoms with Crippen molar-refractivity contribution in [3.63, 3.8) is 0 Å². The SMILES string of the molecule is CCOC(=O)C(C)NC(CC)c1ccc(Br)cc1. The lowest BCUT2D eigenvalue weighted by Crippen LogP contribution is -2.37. The number of hydrogen-bond donors (Lipinski definition) is 1. The highest BCUT2D eigenvalue weighted by Crippen LogP contribution is 2.20. The lowest BCUT2D eigenvalue weighted by Gasteiger charge is -2.21. The average molecular weight is 314 g/mol. The van der Waals surface area contributed by atoms with Crippen LogP contribution in [0.3, 0.4) is 0 Å². The number of hydrogen-bond acceptors (Lipinski definition) is 3. The van der Waals surface area contributed by atoms with Crippen molar-refractivity contribution in [2.24, 2.45) is 0 Å². The smallest absolute Gasteiger partial charge is 0.322 e. The molecule has 4 heteroatoms. The number of benzene rings is 1. The van der Waals surface area contributed by atoms with Crippen LogP contribution in [0.1, 0.15) is 38.8 Å². The van der Waals surface area contributed by atoms with Crippen LogP contribution in [0.4, 0.5) is 0 Å². The van der Waals surface area contributed by atoms with E-state index in [4.69, 9.17) is 4.74 Å². The first-order valence-electron chi connectivity index (χ1n) is 6.26. The van der Waals surface area contributed by atoms with Gasteiger partial charge in [0.15, 0.2) is 0 Å². The summed E-state index contributed by atoms with van der Waals surface area (Å²) in [5, 5.41) is 3.30. The molecule has 0 heterocycles. The van der Waals surface area contributed by atoms with E-state index in [0.29, 0.717) is 6.61 Å². The Morgan fingerprint density at radius 1 is 1.33 bits per heavy atom. The van der Waals surface area contributed by atoms with Gasteiger partial charge in [-0.3, -0.25) is 10.1 Å². The van der Waals surface area contributed by atoms with Crippen LogP contribution in [0.15, 0.2) is 28.7 Å². The number of esters is 1. The zero-order chi connectivity index (χ0) is 13.5. The summed E-state index contributed by atoms with van der Waals surface area (Å²) in [5.41, 5.74) is 1.18. The van der Waals surface area contributed by atoms with Gasteiger partial charge in [-0.2, -0.15) is 0 Å². The van der Waals surface area contributed by atoms with Crippen LogP contribution < -0.4 is 5.32 Å². The number of halogens is 1. The number of ether oxygens (including phenoxy) is 1. The number of carbonyl (C=O) groups is 1. The van der Waals surface area contributed by atoms with E-state index in [9.17, 15) is 4.79 Å². The maximum atomic E-state index is 11.6. The van der Waals surface area contributed by atoms with Crippen LogP contribution in [0, 0.1) is 0 Å². The van der Waals surface area contributed by atoms with Crippen molar-refractivity contribution in [1.29, 1.82) is 0 Å². The van der Waals surface area contributed by atoms with E-state index in [1.165, 1.54) is 5.56 Å². The number of carbonyl (C=O) groups excluding carboxylic acids is 1. The molecule has 1 aromatic rings. The van der Waals surface area contributed by atoms with Crippen LogP contribution >= 0.6 is 15.9 Å². The first kappa shape index (κ1) is 15.2. The van der Waals surface area contributed by atoms with E-state index in [2.05, 4.69) is 40.3 Å². The zero-order valence-electron chi connectivity index (χ0n) is 11.1. The van der Waals surface area contributed by atoms with Gasteiger partial charge in [-0.05, 0) is 38.0 Å². The third-order valence-corrected chi connectivity index (χ3v) is 3.30. The van der Waals surface area contributed by atoms with E-state index in [0.717, 1.165) is 10.9 Å². The molecule has 2 atom stereocenters. The summed E-state index contributed by atoms with van der Waals surface area (Å²) in [7, 11) is 0. The molecule has 0 fully saturated rings. The van der Waals surface area contributed by atoms with Crippen LogP contribution in [-0.2, 0) is 9.53 Å². The fraction of sp³-hybridized carbons (Fsp3) is 0.500. The molecule has 0 radical (unpaired) electrons. The Morgan fingerprint density at radius 3 is 2.44 bits per heavy atom. The molecule has 1 N–H and O–H groups in total. The van der Waals surface area contributed by atoms with Crippen molar-refractivity contribution >= 4 is 21.9 Å². The highest BCUT2D eigenvalue weighted by molar-refractivity contribution is 9.10. The molecule has 0 aromatic heterocycles. The minimum atomic E-state index is -0.293. The molecule has 0 aliphatic rings. The van der Waals surface area contributed by atoms with Crippen LogP contribution in [0.2, 0.25) is 0 Å². The van der Waals surface area contributed by atoms with Crippen LogP contribution in [0.5, 0.6) is 0 Å². The van der Waals surface area contributed by atoms with E-state index < -0.39 is 0 Å². The monoisotopic (exact) mass is 313 g/mol. The summed E-state index contributed by atoms with van der Waals surface area (Å²) in [6.07, 6.45) is 0.922. The molecule has 3 nitrogen and oxygen atoms in total. The number of rotatable bonds is 6. The molecular weight excluding hydrogens is 294 g/mol. The lowest BCUT2D eigenvalue weighted by atomic mass is 10.0. The molecule has 0 amide bonds. The highest BCUT2D eigenvalue weighted by Gasteiger charge is 2.18. The summed E-state index contributed by atoms with van der Waals surface area (Å²) in [6, 6.07) is 8.01. The van der Waals surface area contributed by atoms with Gasteiger partial charge in [0.2, 0.25) is 0 Å². The fourth-order valence-corrected chi connectivity index (χ4v) is 2.05. The first-order chi connectivity index (χ1) is 8.58.